The topological polar surface area (TPSA) is 93.7 Å². The van der Waals surface area contributed by atoms with Crippen LogP contribution in [0.1, 0.15) is 43.0 Å². The molecule has 0 bridgehead atoms. The van der Waals surface area contributed by atoms with E-state index in [-0.39, 0.29) is 0 Å². The average Bonchev–Trinajstić information content (AvgIpc) is 3.81. The highest BCUT2D eigenvalue weighted by Gasteiger charge is 2.27. The Morgan fingerprint density at radius 3 is 2.38 bits per heavy atom. The largest absolute Gasteiger partial charge is 0.369 e. The molecule has 6 aromatic rings. The van der Waals surface area contributed by atoms with Gasteiger partial charge in [-0.15, -0.1) is 5.10 Å². The van der Waals surface area contributed by atoms with Crippen molar-refractivity contribution in [3.05, 3.63) is 84.6 Å². The van der Waals surface area contributed by atoms with Crippen LogP contribution in [0.25, 0.3) is 37.8 Å². The van der Waals surface area contributed by atoms with Crippen molar-refractivity contribution < 1.29 is 9.63 Å². The molecule has 2 fully saturated rings. The first-order chi connectivity index (χ1) is 22.1. The lowest BCUT2D eigenvalue weighted by Crippen LogP contribution is -2.51. The number of carbonyl (C=O) groups is 1. The molecule has 0 N–H and O–H groups in total. The molecule has 228 valence electrons. The van der Waals surface area contributed by atoms with E-state index < -0.39 is 5.97 Å². The predicted octanol–water partition coefficient (Wildman–Crippen LogP) is 5.84. The molecule has 10 nitrogen and oxygen atoms in total. The summed E-state index contributed by atoms with van der Waals surface area (Å²) in [5.74, 6) is 0.378. The number of piperazine rings is 1. The maximum atomic E-state index is 12.8. The predicted molar refractivity (Wildman–Crippen MR) is 175 cm³/mol. The number of rotatable bonds is 6. The Bertz CT molecular complexity index is 1950. The van der Waals surface area contributed by atoms with Gasteiger partial charge in [-0.2, -0.15) is 5.10 Å². The van der Waals surface area contributed by atoms with E-state index in [1.165, 1.54) is 31.4 Å². The van der Waals surface area contributed by atoms with Gasteiger partial charge in [-0.05, 0) is 85.3 Å². The lowest BCUT2D eigenvalue weighted by Gasteiger charge is -2.42. The number of aromatic nitrogens is 6. The Labute approximate surface area is 264 Å². The first-order valence-corrected chi connectivity index (χ1v) is 16.5. The van der Waals surface area contributed by atoms with Gasteiger partial charge in [0.05, 0.1) is 17.5 Å². The average molecular weight is 619 g/mol. The zero-order valence-corrected chi connectivity index (χ0v) is 25.9. The molecule has 1 saturated carbocycles. The third kappa shape index (κ3) is 5.46. The summed E-state index contributed by atoms with van der Waals surface area (Å²) < 4.78 is 1.87. The van der Waals surface area contributed by atoms with E-state index >= 15 is 0 Å². The SMILES string of the molecule is CC1CCC(N2CCN(c3ccc(-c4nn5c(-c6ccc(C(=O)On7nnc8ccccc87)cc6)cnc5s4)cc3)CC2)CC1. The quantitative estimate of drug-likeness (QED) is 0.215. The molecule has 3 aromatic heterocycles. The smallest absolute Gasteiger partial charge is 0.365 e. The van der Waals surface area contributed by atoms with Crippen LogP contribution in [0.4, 0.5) is 5.69 Å². The van der Waals surface area contributed by atoms with E-state index in [0.717, 1.165) is 69.8 Å². The van der Waals surface area contributed by atoms with Crippen LogP contribution >= 0.6 is 11.3 Å². The second kappa shape index (κ2) is 11.7. The molecule has 1 aliphatic carbocycles. The van der Waals surface area contributed by atoms with E-state index in [4.69, 9.17) is 9.94 Å². The summed E-state index contributed by atoms with van der Waals surface area (Å²) >= 11 is 1.57. The van der Waals surface area contributed by atoms with Gasteiger partial charge in [0.1, 0.15) is 16.0 Å². The monoisotopic (exact) mass is 618 g/mol. The zero-order valence-electron chi connectivity index (χ0n) is 25.1. The number of hydrogen-bond acceptors (Lipinski definition) is 9. The second-order valence-corrected chi connectivity index (χ2v) is 13.1. The Morgan fingerprint density at radius 1 is 0.867 bits per heavy atom. The van der Waals surface area contributed by atoms with Crippen LogP contribution in [0.3, 0.4) is 0 Å². The van der Waals surface area contributed by atoms with Crippen LogP contribution in [-0.2, 0) is 0 Å². The Morgan fingerprint density at radius 2 is 1.60 bits per heavy atom. The molecule has 0 unspecified atom stereocenters. The van der Waals surface area contributed by atoms with Gasteiger partial charge in [0.15, 0.2) is 0 Å². The van der Waals surface area contributed by atoms with E-state index in [1.807, 2.05) is 41.0 Å². The van der Waals surface area contributed by atoms with Crippen LogP contribution in [0.2, 0.25) is 0 Å². The van der Waals surface area contributed by atoms with Crippen molar-refractivity contribution in [3.63, 3.8) is 0 Å². The standard InChI is InChI=1S/C34H34N8O2S/c1-23-6-14-27(15-7-23)39-18-20-40(21-19-39)28-16-12-25(13-17-28)32-37-41-31(22-35-34(41)45-32)24-8-10-26(11-9-24)33(43)44-42-30-5-3-2-4-29(30)36-38-42/h2-5,8-13,16-17,22-23,27H,6-7,14-15,18-21H2,1H3. The van der Waals surface area contributed by atoms with Crippen molar-refractivity contribution in [3.8, 4) is 21.8 Å². The normalized spacial score (nSPS) is 19.4. The molecular formula is C34H34N8O2S. The summed E-state index contributed by atoms with van der Waals surface area (Å²) in [6.07, 6.45) is 7.28. The van der Waals surface area contributed by atoms with Gasteiger partial charge in [0, 0.05) is 49.0 Å². The minimum absolute atomic E-state index is 0.406. The van der Waals surface area contributed by atoms with Gasteiger partial charge in [-0.3, -0.25) is 4.90 Å². The first kappa shape index (κ1) is 27.9. The summed E-state index contributed by atoms with van der Waals surface area (Å²) in [5.41, 5.74) is 5.80. The van der Waals surface area contributed by atoms with E-state index in [1.54, 1.807) is 29.5 Å². The zero-order chi connectivity index (χ0) is 30.3. The van der Waals surface area contributed by atoms with Crippen LogP contribution < -0.4 is 9.74 Å². The maximum absolute atomic E-state index is 12.8. The first-order valence-electron chi connectivity index (χ1n) is 15.7. The van der Waals surface area contributed by atoms with Crippen molar-refractivity contribution in [2.75, 3.05) is 31.1 Å². The number of benzene rings is 3. The highest BCUT2D eigenvalue weighted by Crippen LogP contribution is 2.32. The minimum atomic E-state index is -0.518. The molecule has 1 aliphatic heterocycles. The molecule has 2 aliphatic rings. The number of hydrogen-bond donors (Lipinski definition) is 0. The fourth-order valence-corrected chi connectivity index (χ4v) is 7.48. The van der Waals surface area contributed by atoms with Gasteiger partial charge >= 0.3 is 5.97 Å². The molecule has 11 heteroatoms. The van der Waals surface area contributed by atoms with Crippen molar-refractivity contribution >= 4 is 39.0 Å². The lowest BCUT2D eigenvalue weighted by atomic mass is 9.86. The third-order valence-electron chi connectivity index (χ3n) is 9.29. The van der Waals surface area contributed by atoms with Crippen molar-refractivity contribution in [2.45, 2.75) is 38.6 Å². The Kier molecular flexibility index (Phi) is 7.27. The molecule has 1 saturated heterocycles. The van der Waals surface area contributed by atoms with Crippen molar-refractivity contribution in [1.82, 2.24) is 34.7 Å². The number of imidazole rings is 1. The molecule has 0 spiro atoms. The minimum Gasteiger partial charge on any atom is -0.369 e. The number of anilines is 1. The second-order valence-electron chi connectivity index (χ2n) is 12.1. The van der Waals surface area contributed by atoms with Crippen LogP contribution in [0.5, 0.6) is 0 Å². The maximum Gasteiger partial charge on any atom is 0.365 e. The Hall–Kier alpha value is -4.61. The summed E-state index contributed by atoms with van der Waals surface area (Å²) in [5, 5.41) is 13.8. The number of fused-ring (bicyclic) bond motifs is 2. The van der Waals surface area contributed by atoms with E-state index in [9.17, 15) is 4.79 Å². The molecule has 4 heterocycles. The summed E-state index contributed by atoms with van der Waals surface area (Å²) in [6, 6.07) is 24.1. The molecular weight excluding hydrogens is 584 g/mol. The number of nitrogens with zero attached hydrogens (tertiary/aromatic N) is 8. The molecule has 3 aromatic carbocycles. The molecule has 8 rings (SSSR count). The van der Waals surface area contributed by atoms with Gasteiger partial charge in [-0.25, -0.2) is 14.3 Å². The van der Waals surface area contributed by atoms with Crippen LogP contribution in [0.15, 0.2) is 79.0 Å². The van der Waals surface area contributed by atoms with Crippen molar-refractivity contribution in [1.29, 1.82) is 0 Å². The van der Waals surface area contributed by atoms with E-state index in [2.05, 4.69) is 56.3 Å². The lowest BCUT2D eigenvalue weighted by molar-refractivity contribution is 0.0409. The number of para-hydroxylation sites is 1. The molecule has 0 atom stereocenters. The summed E-state index contributed by atoms with van der Waals surface area (Å²) in [4.78, 5) is 30.1. The summed E-state index contributed by atoms with van der Waals surface area (Å²) in [6.45, 7) is 6.84. The van der Waals surface area contributed by atoms with Crippen LogP contribution in [0, 0.1) is 5.92 Å². The number of carbonyl (C=O) groups excluding carboxylic acids is 1. The highest BCUT2D eigenvalue weighted by molar-refractivity contribution is 7.19. The third-order valence-corrected chi connectivity index (χ3v) is 10.3. The molecule has 0 radical (unpaired) electrons. The van der Waals surface area contributed by atoms with E-state index in [0.29, 0.717) is 16.6 Å². The van der Waals surface area contributed by atoms with Crippen molar-refractivity contribution in [2.24, 2.45) is 5.92 Å². The van der Waals surface area contributed by atoms with Gasteiger partial charge in [0.2, 0.25) is 4.96 Å². The fraction of sp³-hybridized carbons (Fsp3) is 0.324. The molecule has 45 heavy (non-hydrogen) atoms. The van der Waals surface area contributed by atoms with Gasteiger partial charge in [0.25, 0.3) is 0 Å². The molecule has 0 amide bonds. The fourth-order valence-electron chi connectivity index (χ4n) is 6.60. The highest BCUT2D eigenvalue weighted by atomic mass is 32.1. The summed E-state index contributed by atoms with van der Waals surface area (Å²) in [7, 11) is 0. The van der Waals surface area contributed by atoms with Gasteiger partial charge in [-0.1, -0.05) is 47.4 Å². The Balaban J connectivity index is 0.932. The van der Waals surface area contributed by atoms with Gasteiger partial charge < -0.3 is 9.74 Å². The van der Waals surface area contributed by atoms with Crippen LogP contribution in [-0.4, -0.2) is 72.8 Å².